The molecule has 1 unspecified atom stereocenters. The van der Waals surface area contributed by atoms with E-state index in [0.717, 1.165) is 0 Å². The molecule has 144 valence electrons. The van der Waals surface area contributed by atoms with E-state index in [1.807, 2.05) is 0 Å². The highest BCUT2D eigenvalue weighted by Gasteiger charge is 2.20. The Hall–Kier alpha value is -2.80. The number of rotatable bonds is 8. The standard InChI is InChI=1S/C20H23F2N3O2/c1-14(23)10-11-20(27)25(12-15-6-2-3-7-16(15)21)13-19(26)24-18-9-5-4-8-17(18)22/h2-9,14H,10-13,23H2,1H3,(H,24,26). The van der Waals surface area contributed by atoms with Gasteiger partial charge in [0.15, 0.2) is 0 Å². The van der Waals surface area contributed by atoms with Gasteiger partial charge in [0.25, 0.3) is 0 Å². The number of hydrogen-bond donors (Lipinski definition) is 2. The maximum Gasteiger partial charge on any atom is 0.244 e. The molecule has 0 bridgehead atoms. The van der Waals surface area contributed by atoms with Crippen LogP contribution in [0, 0.1) is 11.6 Å². The van der Waals surface area contributed by atoms with Crippen molar-refractivity contribution in [2.45, 2.75) is 32.4 Å². The van der Waals surface area contributed by atoms with Crippen molar-refractivity contribution in [1.29, 1.82) is 0 Å². The first kappa shape index (κ1) is 20.5. The van der Waals surface area contributed by atoms with Crippen LogP contribution in [0.1, 0.15) is 25.3 Å². The number of hydrogen-bond acceptors (Lipinski definition) is 3. The summed E-state index contributed by atoms with van der Waals surface area (Å²) in [6, 6.07) is 11.6. The average molecular weight is 375 g/mol. The molecule has 3 N–H and O–H groups in total. The molecule has 0 aliphatic carbocycles. The lowest BCUT2D eigenvalue weighted by molar-refractivity contribution is -0.135. The fourth-order valence-electron chi connectivity index (χ4n) is 2.50. The lowest BCUT2D eigenvalue weighted by Crippen LogP contribution is -2.38. The summed E-state index contributed by atoms with van der Waals surface area (Å²) in [6.45, 7) is 1.40. The fourth-order valence-corrected chi connectivity index (χ4v) is 2.50. The van der Waals surface area contributed by atoms with Crippen molar-refractivity contribution in [3.8, 4) is 0 Å². The van der Waals surface area contributed by atoms with Gasteiger partial charge in [-0.2, -0.15) is 0 Å². The first-order valence-corrected chi connectivity index (χ1v) is 8.68. The van der Waals surface area contributed by atoms with Gasteiger partial charge in [0.05, 0.1) is 5.69 Å². The molecular formula is C20H23F2N3O2. The van der Waals surface area contributed by atoms with Gasteiger partial charge < -0.3 is 16.0 Å². The van der Waals surface area contributed by atoms with E-state index in [0.29, 0.717) is 12.0 Å². The Morgan fingerprint density at radius 2 is 1.70 bits per heavy atom. The number of halogens is 2. The van der Waals surface area contributed by atoms with Crippen molar-refractivity contribution in [2.24, 2.45) is 5.73 Å². The first-order chi connectivity index (χ1) is 12.9. The van der Waals surface area contributed by atoms with Crippen molar-refractivity contribution < 1.29 is 18.4 Å². The van der Waals surface area contributed by atoms with E-state index in [4.69, 9.17) is 5.73 Å². The third-order valence-electron chi connectivity index (χ3n) is 3.97. The molecule has 27 heavy (non-hydrogen) atoms. The van der Waals surface area contributed by atoms with Gasteiger partial charge in [-0.05, 0) is 31.5 Å². The second kappa shape index (κ2) is 9.78. The molecule has 0 saturated carbocycles. The number of carbonyl (C=O) groups is 2. The molecule has 0 saturated heterocycles. The molecule has 0 radical (unpaired) electrons. The van der Waals surface area contributed by atoms with Crippen LogP contribution in [0.15, 0.2) is 48.5 Å². The van der Waals surface area contributed by atoms with Crippen LogP contribution in [0.25, 0.3) is 0 Å². The second-order valence-corrected chi connectivity index (χ2v) is 6.39. The molecule has 0 aromatic heterocycles. The van der Waals surface area contributed by atoms with Crippen LogP contribution in [0.3, 0.4) is 0 Å². The highest BCUT2D eigenvalue weighted by molar-refractivity contribution is 5.94. The van der Waals surface area contributed by atoms with Crippen LogP contribution < -0.4 is 11.1 Å². The molecular weight excluding hydrogens is 352 g/mol. The quantitative estimate of drug-likeness (QED) is 0.745. The molecule has 2 aromatic carbocycles. The van der Waals surface area contributed by atoms with Gasteiger partial charge in [0.1, 0.15) is 18.2 Å². The number of carbonyl (C=O) groups excluding carboxylic acids is 2. The predicted molar refractivity (Wildman–Crippen MR) is 99.7 cm³/mol. The van der Waals surface area contributed by atoms with E-state index in [2.05, 4.69) is 5.32 Å². The van der Waals surface area contributed by atoms with E-state index in [-0.39, 0.29) is 37.1 Å². The Bertz CT molecular complexity index is 796. The van der Waals surface area contributed by atoms with Gasteiger partial charge >= 0.3 is 0 Å². The average Bonchev–Trinajstić information content (AvgIpc) is 2.62. The summed E-state index contributed by atoms with van der Waals surface area (Å²) in [5, 5.41) is 2.43. The van der Waals surface area contributed by atoms with E-state index in [1.54, 1.807) is 31.2 Å². The van der Waals surface area contributed by atoms with Crippen LogP contribution in [0.2, 0.25) is 0 Å². The summed E-state index contributed by atoms with van der Waals surface area (Å²) in [7, 11) is 0. The summed E-state index contributed by atoms with van der Waals surface area (Å²) in [5.41, 5.74) is 6.01. The van der Waals surface area contributed by atoms with Crippen molar-refractivity contribution >= 4 is 17.5 Å². The van der Waals surface area contributed by atoms with E-state index >= 15 is 0 Å². The molecule has 5 nitrogen and oxygen atoms in total. The predicted octanol–water partition coefficient (Wildman–Crippen LogP) is 3.06. The smallest absolute Gasteiger partial charge is 0.244 e. The normalized spacial score (nSPS) is 11.7. The number of nitrogens with one attached hydrogen (secondary N) is 1. The number of nitrogens with zero attached hydrogens (tertiary/aromatic N) is 1. The molecule has 0 aliphatic rings. The van der Waals surface area contributed by atoms with Gasteiger partial charge in [0, 0.05) is 24.6 Å². The molecule has 2 amide bonds. The Morgan fingerprint density at radius 1 is 1.07 bits per heavy atom. The Morgan fingerprint density at radius 3 is 2.33 bits per heavy atom. The lowest BCUT2D eigenvalue weighted by Gasteiger charge is -2.23. The third kappa shape index (κ3) is 6.45. The Balaban J connectivity index is 2.11. The summed E-state index contributed by atoms with van der Waals surface area (Å²) in [6.07, 6.45) is 0.584. The number of benzene rings is 2. The lowest BCUT2D eigenvalue weighted by atomic mass is 10.1. The highest BCUT2D eigenvalue weighted by atomic mass is 19.1. The SMILES string of the molecule is CC(N)CCC(=O)N(CC(=O)Nc1ccccc1F)Cc1ccccc1F. The molecule has 0 aliphatic heterocycles. The zero-order valence-electron chi connectivity index (χ0n) is 15.1. The van der Waals surface area contributed by atoms with E-state index in [9.17, 15) is 18.4 Å². The minimum Gasteiger partial charge on any atom is -0.329 e. The van der Waals surface area contributed by atoms with Crippen LogP contribution in [-0.4, -0.2) is 29.3 Å². The maximum absolute atomic E-state index is 14.0. The van der Waals surface area contributed by atoms with E-state index in [1.165, 1.54) is 29.2 Å². The monoisotopic (exact) mass is 375 g/mol. The fraction of sp³-hybridized carbons (Fsp3) is 0.300. The van der Waals surface area contributed by atoms with Gasteiger partial charge in [-0.3, -0.25) is 9.59 Å². The van der Waals surface area contributed by atoms with Crippen LogP contribution in [0.4, 0.5) is 14.5 Å². The second-order valence-electron chi connectivity index (χ2n) is 6.39. The van der Waals surface area contributed by atoms with Crippen molar-refractivity contribution in [2.75, 3.05) is 11.9 Å². The first-order valence-electron chi connectivity index (χ1n) is 8.68. The van der Waals surface area contributed by atoms with Gasteiger partial charge in [-0.1, -0.05) is 30.3 Å². The minimum absolute atomic E-state index is 0.0244. The summed E-state index contributed by atoms with van der Waals surface area (Å²) in [5.74, 6) is -1.92. The summed E-state index contributed by atoms with van der Waals surface area (Å²) in [4.78, 5) is 26.1. The molecule has 0 spiro atoms. The Kier molecular flexibility index (Phi) is 7.43. The topological polar surface area (TPSA) is 75.4 Å². The molecule has 0 heterocycles. The number of nitrogens with two attached hydrogens (primary N) is 1. The van der Waals surface area contributed by atoms with Gasteiger partial charge in [0.2, 0.25) is 11.8 Å². The Labute approximate surface area is 157 Å². The summed E-state index contributed by atoms with van der Waals surface area (Å²) >= 11 is 0. The zero-order valence-corrected chi connectivity index (χ0v) is 15.1. The minimum atomic E-state index is -0.574. The van der Waals surface area contributed by atoms with Crippen LogP contribution in [0.5, 0.6) is 0 Å². The molecule has 2 aromatic rings. The number of anilines is 1. The number of amides is 2. The highest BCUT2D eigenvalue weighted by Crippen LogP contribution is 2.14. The molecule has 2 rings (SSSR count). The van der Waals surface area contributed by atoms with Gasteiger partial charge in [-0.15, -0.1) is 0 Å². The van der Waals surface area contributed by atoms with Crippen molar-refractivity contribution in [3.63, 3.8) is 0 Å². The van der Waals surface area contributed by atoms with Crippen molar-refractivity contribution in [3.05, 3.63) is 65.7 Å². The number of para-hydroxylation sites is 1. The zero-order chi connectivity index (χ0) is 19.8. The van der Waals surface area contributed by atoms with Crippen LogP contribution >= 0.6 is 0 Å². The molecule has 7 heteroatoms. The maximum atomic E-state index is 14.0. The molecule has 1 atom stereocenters. The largest absolute Gasteiger partial charge is 0.329 e. The third-order valence-corrected chi connectivity index (χ3v) is 3.97. The van der Waals surface area contributed by atoms with Crippen LogP contribution in [-0.2, 0) is 16.1 Å². The molecule has 0 fully saturated rings. The van der Waals surface area contributed by atoms with Crippen molar-refractivity contribution in [1.82, 2.24) is 4.90 Å². The summed E-state index contributed by atoms with van der Waals surface area (Å²) < 4.78 is 27.7. The van der Waals surface area contributed by atoms with E-state index < -0.39 is 17.5 Å². The van der Waals surface area contributed by atoms with Gasteiger partial charge in [-0.25, -0.2) is 8.78 Å².